The summed E-state index contributed by atoms with van der Waals surface area (Å²) < 4.78 is 4.39. The molecule has 0 atom stereocenters. The Bertz CT molecular complexity index is 707. The van der Waals surface area contributed by atoms with Crippen molar-refractivity contribution < 1.29 is 19.4 Å². The van der Waals surface area contributed by atoms with Crippen molar-refractivity contribution >= 4 is 18.0 Å². The topological polar surface area (TPSA) is 87.4 Å². The van der Waals surface area contributed by atoms with Crippen LogP contribution in [-0.4, -0.2) is 24.2 Å². The number of methoxy groups -OCH3 is 1. The van der Waals surface area contributed by atoms with Crippen LogP contribution in [0.3, 0.4) is 0 Å². The first-order valence-electron chi connectivity index (χ1n) is 7.36. The summed E-state index contributed by atoms with van der Waals surface area (Å²) in [6.45, 7) is 5.03. The summed E-state index contributed by atoms with van der Waals surface area (Å²) in [6.07, 6.45) is 8.40. The molecule has 0 unspecified atom stereocenters. The van der Waals surface area contributed by atoms with E-state index in [1.165, 1.54) is 13.2 Å². The maximum absolute atomic E-state index is 10.7. The summed E-state index contributed by atoms with van der Waals surface area (Å²) in [6, 6.07) is 11.5. The van der Waals surface area contributed by atoms with Gasteiger partial charge in [0.15, 0.2) is 0 Å². The van der Waals surface area contributed by atoms with Crippen LogP contribution in [-0.2, 0) is 14.3 Å². The fourth-order valence-electron chi connectivity index (χ4n) is 1.42. The van der Waals surface area contributed by atoms with Crippen molar-refractivity contribution in [2.75, 3.05) is 7.11 Å². The molecule has 0 spiro atoms. The number of carboxylic acids is 1. The number of esters is 1. The molecule has 0 bridgehead atoms. The van der Waals surface area contributed by atoms with Gasteiger partial charge in [0.2, 0.25) is 0 Å². The molecule has 0 fully saturated rings. The fourth-order valence-corrected chi connectivity index (χ4v) is 1.42. The summed E-state index contributed by atoms with van der Waals surface area (Å²) in [5, 5.41) is 16.7. The van der Waals surface area contributed by atoms with Crippen LogP contribution in [0.1, 0.15) is 18.9 Å². The summed E-state index contributed by atoms with van der Waals surface area (Å²) >= 11 is 0. The molecule has 0 aliphatic rings. The molecule has 5 nitrogen and oxygen atoms in total. The average Bonchev–Trinajstić information content (AvgIpc) is 2.62. The van der Waals surface area contributed by atoms with Gasteiger partial charge in [-0.3, -0.25) is 0 Å². The van der Waals surface area contributed by atoms with Gasteiger partial charge < -0.3 is 9.84 Å². The number of carbonyl (C=O) groups is 2. The van der Waals surface area contributed by atoms with Gasteiger partial charge in [-0.15, -0.1) is 0 Å². The quantitative estimate of drug-likeness (QED) is 0.367. The first-order chi connectivity index (χ1) is 11.9. The van der Waals surface area contributed by atoms with Crippen LogP contribution in [0.5, 0.6) is 0 Å². The predicted molar refractivity (Wildman–Crippen MR) is 97.4 cm³/mol. The molecule has 1 aromatic carbocycles. The summed E-state index contributed by atoms with van der Waals surface area (Å²) in [4.78, 5) is 21.1. The zero-order valence-electron chi connectivity index (χ0n) is 14.3. The molecule has 0 saturated heterocycles. The monoisotopic (exact) mass is 339 g/mol. The minimum absolute atomic E-state index is 0.331. The molecule has 0 radical (unpaired) electrons. The molecule has 0 aromatic heterocycles. The molecule has 25 heavy (non-hydrogen) atoms. The Morgan fingerprint density at radius 3 is 2.48 bits per heavy atom. The van der Waals surface area contributed by atoms with E-state index in [-0.39, 0.29) is 0 Å². The number of carboxylic acid groups (broad SMARTS) is 1. The first-order valence-corrected chi connectivity index (χ1v) is 7.36. The maximum atomic E-state index is 10.7. The number of aliphatic carboxylic acids is 1. The highest BCUT2D eigenvalue weighted by molar-refractivity contribution is 5.87. The zero-order chi connectivity index (χ0) is 19.1. The number of allylic oxidation sites excluding steroid dienone is 4. The molecule has 1 N–H and O–H groups in total. The van der Waals surface area contributed by atoms with Gasteiger partial charge in [-0.1, -0.05) is 61.2 Å². The van der Waals surface area contributed by atoms with Crippen molar-refractivity contribution in [3.05, 3.63) is 77.9 Å². The number of rotatable bonds is 6. The second-order valence-electron chi connectivity index (χ2n) is 4.76. The van der Waals surface area contributed by atoms with E-state index in [4.69, 9.17) is 10.4 Å². The first kappa shape index (κ1) is 21.6. The van der Waals surface area contributed by atoms with E-state index in [2.05, 4.69) is 11.3 Å². The van der Waals surface area contributed by atoms with Gasteiger partial charge in [-0.05, 0) is 18.9 Å². The second kappa shape index (κ2) is 13.1. The Morgan fingerprint density at radius 2 is 1.96 bits per heavy atom. The number of ether oxygens (including phenoxy) is 1. The van der Waals surface area contributed by atoms with Crippen molar-refractivity contribution in [2.45, 2.75) is 13.3 Å². The molecule has 0 amide bonds. The lowest BCUT2D eigenvalue weighted by Crippen LogP contribution is -2.02. The Balaban J connectivity index is 0.000000477. The number of hydrogen-bond donors (Lipinski definition) is 1. The molecular formula is C20H21NO4. The number of nitrogens with zero attached hydrogens (tertiary/aromatic N) is 1. The van der Waals surface area contributed by atoms with Gasteiger partial charge in [-0.25, -0.2) is 9.59 Å². The molecule has 0 saturated carbocycles. The Morgan fingerprint density at radius 1 is 1.32 bits per heavy atom. The third-order valence-electron chi connectivity index (χ3n) is 2.80. The molecule has 1 aromatic rings. The van der Waals surface area contributed by atoms with Gasteiger partial charge in [0.1, 0.15) is 0 Å². The minimum atomic E-state index is -0.886. The van der Waals surface area contributed by atoms with Crippen molar-refractivity contribution in [1.82, 2.24) is 0 Å². The summed E-state index contributed by atoms with van der Waals surface area (Å²) in [7, 11) is 1.29. The molecule has 0 aliphatic carbocycles. The number of carbonyl (C=O) groups excluding carboxylic acids is 1. The Labute approximate surface area is 147 Å². The minimum Gasteiger partial charge on any atom is -0.478 e. The Kier molecular flexibility index (Phi) is 11.3. The molecule has 0 heterocycles. The highest BCUT2D eigenvalue weighted by Crippen LogP contribution is 2.02. The SMILES string of the molecule is C=C(CC=CC#N)C(=O)OC.CC(=CC=Cc1ccccc1)C(=O)O. The van der Waals surface area contributed by atoms with Gasteiger partial charge >= 0.3 is 11.9 Å². The van der Waals surface area contributed by atoms with Crippen LogP contribution < -0.4 is 0 Å². The van der Waals surface area contributed by atoms with E-state index in [9.17, 15) is 9.59 Å². The van der Waals surface area contributed by atoms with E-state index in [0.717, 1.165) is 5.56 Å². The van der Waals surface area contributed by atoms with Crippen molar-refractivity contribution in [1.29, 1.82) is 5.26 Å². The van der Waals surface area contributed by atoms with E-state index in [1.807, 2.05) is 36.4 Å². The van der Waals surface area contributed by atoms with Gasteiger partial charge in [0, 0.05) is 17.2 Å². The Hall–Kier alpha value is -3.39. The highest BCUT2D eigenvalue weighted by atomic mass is 16.5. The second-order valence-corrected chi connectivity index (χ2v) is 4.76. The largest absolute Gasteiger partial charge is 0.478 e. The molecule has 1 rings (SSSR count). The normalized spacial score (nSPS) is 10.7. The zero-order valence-corrected chi connectivity index (χ0v) is 14.3. The predicted octanol–water partition coefficient (Wildman–Crippen LogP) is 3.92. The van der Waals surface area contributed by atoms with E-state index >= 15 is 0 Å². The smallest absolute Gasteiger partial charge is 0.333 e. The van der Waals surface area contributed by atoms with E-state index in [0.29, 0.717) is 17.6 Å². The van der Waals surface area contributed by atoms with Gasteiger partial charge in [0.05, 0.1) is 13.2 Å². The van der Waals surface area contributed by atoms with Crippen molar-refractivity contribution in [2.24, 2.45) is 0 Å². The highest BCUT2D eigenvalue weighted by Gasteiger charge is 2.02. The summed E-state index contributed by atoms with van der Waals surface area (Å²) in [5.41, 5.74) is 1.73. The fraction of sp³-hybridized carbons (Fsp3) is 0.150. The van der Waals surface area contributed by atoms with E-state index < -0.39 is 11.9 Å². The van der Waals surface area contributed by atoms with Crippen LogP contribution in [0.15, 0.2) is 72.4 Å². The molecule has 130 valence electrons. The van der Waals surface area contributed by atoms with Crippen LogP contribution in [0, 0.1) is 11.3 Å². The van der Waals surface area contributed by atoms with Crippen LogP contribution in [0.2, 0.25) is 0 Å². The van der Waals surface area contributed by atoms with Crippen LogP contribution >= 0.6 is 0 Å². The average molecular weight is 339 g/mol. The third-order valence-corrected chi connectivity index (χ3v) is 2.80. The number of benzene rings is 1. The standard InChI is InChI=1S/C12H12O2.C8H9NO2/c1-10(12(13)14)6-5-9-11-7-3-2-4-8-11;1-7(8(10)11-2)5-3-4-6-9/h2-9H,1H3,(H,13,14);3-4H,1,5H2,2H3. The maximum Gasteiger partial charge on any atom is 0.333 e. The van der Waals surface area contributed by atoms with Crippen LogP contribution in [0.25, 0.3) is 6.08 Å². The molecule has 5 heteroatoms. The lowest BCUT2D eigenvalue weighted by molar-refractivity contribution is -0.136. The van der Waals surface area contributed by atoms with Gasteiger partial charge in [0.25, 0.3) is 0 Å². The van der Waals surface area contributed by atoms with Crippen molar-refractivity contribution in [3.63, 3.8) is 0 Å². The van der Waals surface area contributed by atoms with Crippen molar-refractivity contribution in [3.8, 4) is 6.07 Å². The lowest BCUT2D eigenvalue weighted by atomic mass is 10.2. The lowest BCUT2D eigenvalue weighted by Gasteiger charge is -1.97. The summed E-state index contributed by atoms with van der Waals surface area (Å²) in [5.74, 6) is -1.32. The molecule has 0 aliphatic heterocycles. The third kappa shape index (κ3) is 10.9. The number of hydrogen-bond acceptors (Lipinski definition) is 4. The molecular weight excluding hydrogens is 318 g/mol. The van der Waals surface area contributed by atoms with Crippen LogP contribution in [0.4, 0.5) is 0 Å². The number of nitriles is 1. The van der Waals surface area contributed by atoms with E-state index in [1.54, 1.807) is 31.2 Å². The van der Waals surface area contributed by atoms with Gasteiger partial charge in [-0.2, -0.15) is 5.26 Å².